The minimum absolute atomic E-state index is 0.297. The van der Waals surface area contributed by atoms with E-state index in [2.05, 4.69) is 15.0 Å². The first-order valence-corrected chi connectivity index (χ1v) is 8.90. The monoisotopic (exact) mass is 399 g/mol. The lowest BCUT2D eigenvalue weighted by Gasteiger charge is -2.11. The Morgan fingerprint density at radius 1 is 0.885 bits per heavy atom. The van der Waals surface area contributed by atoms with Gasteiger partial charge in [0.2, 0.25) is 0 Å². The van der Waals surface area contributed by atoms with Crippen LogP contribution in [0.5, 0.6) is 0 Å². The van der Waals surface area contributed by atoms with Crippen LogP contribution in [-0.4, -0.2) is 15.0 Å². The Labute approximate surface area is 163 Å². The molecule has 3 nitrogen and oxygen atoms in total. The van der Waals surface area contributed by atoms with Gasteiger partial charge in [0.25, 0.3) is 0 Å². The number of rotatable bonds is 2. The van der Waals surface area contributed by atoms with Crippen molar-refractivity contribution >= 4 is 47.1 Å². The molecule has 0 spiro atoms. The van der Waals surface area contributed by atoms with E-state index in [0.29, 0.717) is 25.8 Å². The van der Waals surface area contributed by atoms with Crippen LogP contribution < -0.4 is 0 Å². The lowest BCUT2D eigenvalue weighted by Crippen LogP contribution is -1.95. The molecule has 26 heavy (non-hydrogen) atoms. The molecule has 0 unspecified atom stereocenters. The van der Waals surface area contributed by atoms with Crippen molar-refractivity contribution in [1.82, 2.24) is 15.0 Å². The Morgan fingerprint density at radius 2 is 1.54 bits per heavy atom. The Bertz CT molecular complexity index is 1230. The van der Waals surface area contributed by atoms with Gasteiger partial charge in [0.05, 0.1) is 11.1 Å². The summed E-state index contributed by atoms with van der Waals surface area (Å²) in [6.07, 6.45) is 0. The van der Waals surface area contributed by atoms with Gasteiger partial charge < -0.3 is 9.97 Å². The summed E-state index contributed by atoms with van der Waals surface area (Å²) >= 11 is 16.7. The lowest BCUT2D eigenvalue weighted by molar-refractivity contribution is 0.628. The molecular formula is C19H11ClFN3S2. The van der Waals surface area contributed by atoms with E-state index in [1.807, 2.05) is 30.3 Å². The SMILES string of the molecule is Fc1ccc(-c2cc(-c3ccc(Cl)cc3)c3c(=S)[nH]c(=S)[nH]c3n2)cc1. The number of aromatic amines is 2. The standard InChI is InChI=1S/C19H11ClFN3S2/c20-12-5-1-10(2-6-12)14-9-15(11-3-7-13(21)8-4-11)22-17-16(14)18(25)24-19(26)23-17/h1-9H,(H2,22,23,24,25,26). The molecule has 4 aromatic rings. The first-order chi connectivity index (χ1) is 12.5. The van der Waals surface area contributed by atoms with E-state index in [0.717, 1.165) is 22.1 Å². The van der Waals surface area contributed by atoms with Gasteiger partial charge in [-0.2, -0.15) is 0 Å². The molecule has 0 atom stereocenters. The second-order valence-corrected chi connectivity index (χ2v) is 6.95. The molecule has 2 aromatic carbocycles. The highest BCUT2D eigenvalue weighted by molar-refractivity contribution is 7.72. The highest BCUT2D eigenvalue weighted by Crippen LogP contribution is 2.32. The Kier molecular flexibility index (Phi) is 4.40. The van der Waals surface area contributed by atoms with Crippen LogP contribution in [0.15, 0.2) is 54.6 Å². The molecule has 0 saturated heterocycles. The number of fused-ring (bicyclic) bond motifs is 1. The van der Waals surface area contributed by atoms with Crippen molar-refractivity contribution in [2.75, 3.05) is 0 Å². The van der Waals surface area contributed by atoms with Gasteiger partial charge in [0.15, 0.2) is 4.77 Å². The second kappa shape index (κ2) is 6.72. The first-order valence-electron chi connectivity index (χ1n) is 7.70. The summed E-state index contributed by atoms with van der Waals surface area (Å²) in [7, 11) is 0. The van der Waals surface area contributed by atoms with Crippen LogP contribution in [0.3, 0.4) is 0 Å². The molecule has 2 aromatic heterocycles. The summed E-state index contributed by atoms with van der Waals surface area (Å²) in [4.78, 5) is 10.7. The summed E-state index contributed by atoms with van der Waals surface area (Å²) < 4.78 is 14.2. The molecule has 0 amide bonds. The first kappa shape index (κ1) is 17.0. The number of benzene rings is 2. The zero-order valence-corrected chi connectivity index (χ0v) is 15.6. The van der Waals surface area contributed by atoms with Gasteiger partial charge in [0.1, 0.15) is 16.1 Å². The van der Waals surface area contributed by atoms with Crippen LogP contribution in [0.4, 0.5) is 4.39 Å². The maximum atomic E-state index is 13.3. The van der Waals surface area contributed by atoms with Crippen LogP contribution in [0.1, 0.15) is 0 Å². The number of nitrogens with zero attached hydrogens (tertiary/aromatic N) is 1. The molecule has 0 aliphatic rings. The smallest absolute Gasteiger partial charge is 0.177 e. The normalized spacial score (nSPS) is 11.0. The lowest BCUT2D eigenvalue weighted by atomic mass is 10.0. The van der Waals surface area contributed by atoms with E-state index in [1.165, 1.54) is 12.1 Å². The van der Waals surface area contributed by atoms with Crippen LogP contribution >= 0.6 is 36.0 Å². The Hall–Kier alpha value is -2.41. The fraction of sp³-hybridized carbons (Fsp3) is 0. The van der Waals surface area contributed by atoms with Crippen molar-refractivity contribution in [2.24, 2.45) is 0 Å². The average molecular weight is 400 g/mol. The minimum atomic E-state index is -0.297. The van der Waals surface area contributed by atoms with E-state index in [-0.39, 0.29) is 5.82 Å². The summed E-state index contributed by atoms with van der Waals surface area (Å²) in [5.41, 5.74) is 3.88. The molecule has 4 rings (SSSR count). The molecule has 0 radical (unpaired) electrons. The van der Waals surface area contributed by atoms with Crippen LogP contribution in [0.2, 0.25) is 5.02 Å². The summed E-state index contributed by atoms with van der Waals surface area (Å²) in [5.74, 6) is -0.297. The number of hydrogen-bond acceptors (Lipinski definition) is 3. The molecule has 0 saturated carbocycles. The molecule has 2 N–H and O–H groups in total. The van der Waals surface area contributed by atoms with Crippen LogP contribution in [0.25, 0.3) is 33.4 Å². The van der Waals surface area contributed by atoms with Gasteiger partial charge in [-0.15, -0.1) is 0 Å². The van der Waals surface area contributed by atoms with Crippen molar-refractivity contribution in [1.29, 1.82) is 0 Å². The third-order valence-electron chi connectivity index (χ3n) is 4.00. The summed E-state index contributed by atoms with van der Waals surface area (Å²) in [6.45, 7) is 0. The van der Waals surface area contributed by atoms with Gasteiger partial charge in [-0.05, 0) is 65.8 Å². The third-order valence-corrected chi connectivity index (χ3v) is 4.76. The van der Waals surface area contributed by atoms with E-state index in [9.17, 15) is 4.39 Å². The maximum absolute atomic E-state index is 13.3. The number of pyridine rings is 1. The fourth-order valence-corrected chi connectivity index (χ4v) is 3.49. The molecule has 0 aliphatic carbocycles. The summed E-state index contributed by atoms with van der Waals surface area (Å²) in [5, 5.41) is 1.41. The zero-order chi connectivity index (χ0) is 18.3. The molecule has 0 bridgehead atoms. The van der Waals surface area contributed by atoms with Gasteiger partial charge in [-0.1, -0.05) is 36.0 Å². The van der Waals surface area contributed by atoms with E-state index in [4.69, 9.17) is 36.0 Å². The topological polar surface area (TPSA) is 44.5 Å². The second-order valence-electron chi connectivity index (χ2n) is 5.70. The number of aromatic nitrogens is 3. The van der Waals surface area contributed by atoms with Crippen molar-refractivity contribution in [3.8, 4) is 22.4 Å². The maximum Gasteiger partial charge on any atom is 0.177 e. The molecular weight excluding hydrogens is 389 g/mol. The van der Waals surface area contributed by atoms with Gasteiger partial charge in [-0.3, -0.25) is 0 Å². The number of hydrogen-bond donors (Lipinski definition) is 2. The van der Waals surface area contributed by atoms with Crippen molar-refractivity contribution < 1.29 is 4.39 Å². The van der Waals surface area contributed by atoms with Crippen molar-refractivity contribution in [3.05, 3.63) is 74.8 Å². The summed E-state index contributed by atoms with van der Waals surface area (Å²) in [6, 6.07) is 15.6. The largest absolute Gasteiger partial charge is 0.323 e. The molecule has 7 heteroatoms. The van der Waals surface area contributed by atoms with Gasteiger partial charge in [-0.25, -0.2) is 9.37 Å². The predicted molar refractivity (Wildman–Crippen MR) is 108 cm³/mol. The van der Waals surface area contributed by atoms with E-state index >= 15 is 0 Å². The fourth-order valence-electron chi connectivity index (χ4n) is 2.80. The minimum Gasteiger partial charge on any atom is -0.323 e. The third kappa shape index (κ3) is 3.19. The van der Waals surface area contributed by atoms with E-state index in [1.54, 1.807) is 12.1 Å². The molecule has 0 aliphatic heterocycles. The number of halogens is 2. The average Bonchev–Trinajstić information content (AvgIpc) is 2.61. The predicted octanol–water partition coefficient (Wildman–Crippen LogP) is 6.48. The highest BCUT2D eigenvalue weighted by Gasteiger charge is 2.12. The van der Waals surface area contributed by atoms with Crippen molar-refractivity contribution in [2.45, 2.75) is 0 Å². The molecule has 2 heterocycles. The zero-order valence-electron chi connectivity index (χ0n) is 13.2. The van der Waals surface area contributed by atoms with Crippen molar-refractivity contribution in [3.63, 3.8) is 0 Å². The number of nitrogens with one attached hydrogen (secondary N) is 2. The van der Waals surface area contributed by atoms with Crippen LogP contribution in [0, 0.1) is 15.2 Å². The molecule has 128 valence electrons. The Morgan fingerprint density at radius 3 is 2.23 bits per heavy atom. The highest BCUT2D eigenvalue weighted by atomic mass is 35.5. The quantitative estimate of drug-likeness (QED) is 0.379. The number of H-pyrrole nitrogens is 2. The van der Waals surface area contributed by atoms with Gasteiger partial charge in [0, 0.05) is 10.6 Å². The van der Waals surface area contributed by atoms with Crippen LogP contribution in [-0.2, 0) is 0 Å². The molecule has 0 fully saturated rings. The Balaban J connectivity index is 2.07. The van der Waals surface area contributed by atoms with Gasteiger partial charge >= 0.3 is 0 Å². The van der Waals surface area contributed by atoms with E-state index < -0.39 is 0 Å².